The van der Waals surface area contributed by atoms with Crippen molar-refractivity contribution in [3.05, 3.63) is 34.1 Å². The molecule has 0 aliphatic carbocycles. The van der Waals surface area contributed by atoms with Gasteiger partial charge in [0.15, 0.2) is 0 Å². The highest BCUT2D eigenvalue weighted by molar-refractivity contribution is 9.10. The molecule has 0 fully saturated rings. The number of nitrogens with one attached hydrogen (secondary N) is 1. The van der Waals surface area contributed by atoms with Gasteiger partial charge in [-0.15, -0.1) is 0 Å². The molecule has 0 aromatic heterocycles. The van der Waals surface area contributed by atoms with Crippen molar-refractivity contribution in [1.82, 2.24) is 5.32 Å². The minimum absolute atomic E-state index is 0.175. The molecule has 1 N–H and O–H groups in total. The van der Waals surface area contributed by atoms with E-state index in [-0.39, 0.29) is 5.82 Å². The molecule has 0 aliphatic heterocycles. The second kappa shape index (κ2) is 6.14. The molecule has 0 amide bonds. The zero-order chi connectivity index (χ0) is 10.4. The molecule has 0 aliphatic rings. The zero-order valence-corrected chi connectivity index (χ0v) is 9.90. The minimum atomic E-state index is -0.175. The maximum atomic E-state index is 13.1. The Kier molecular flexibility index (Phi) is 5.12. The molecule has 0 saturated heterocycles. The van der Waals surface area contributed by atoms with E-state index in [9.17, 15) is 4.39 Å². The summed E-state index contributed by atoms with van der Waals surface area (Å²) in [5.74, 6) is -0.175. The fourth-order valence-electron chi connectivity index (χ4n) is 1.32. The van der Waals surface area contributed by atoms with Crippen molar-refractivity contribution in [3.63, 3.8) is 0 Å². The predicted octanol–water partition coefficient (Wildman–Crippen LogP) is 3.13. The molecular weight excluding hydrogens is 245 g/mol. The van der Waals surface area contributed by atoms with Crippen LogP contribution < -0.4 is 5.32 Å². The standard InChI is InChI=1S/C11H15BrFN/c1-2-14-8-4-6-9-5-3-7-10(13)11(9)12/h3,5,7,14H,2,4,6,8H2,1H3. The smallest absolute Gasteiger partial charge is 0.137 e. The molecule has 0 bridgehead atoms. The van der Waals surface area contributed by atoms with Crippen LogP contribution in [0.15, 0.2) is 22.7 Å². The second-order valence-corrected chi connectivity index (χ2v) is 3.96. The van der Waals surface area contributed by atoms with E-state index in [1.54, 1.807) is 6.07 Å². The third-order valence-electron chi connectivity index (χ3n) is 2.08. The topological polar surface area (TPSA) is 12.0 Å². The maximum absolute atomic E-state index is 13.1. The Hall–Kier alpha value is -0.410. The first kappa shape index (κ1) is 11.7. The molecule has 78 valence electrons. The fraction of sp³-hybridized carbons (Fsp3) is 0.455. The number of halogens is 2. The number of benzene rings is 1. The van der Waals surface area contributed by atoms with Crippen LogP contribution in [-0.2, 0) is 6.42 Å². The highest BCUT2D eigenvalue weighted by Gasteiger charge is 2.03. The van der Waals surface area contributed by atoms with Gasteiger partial charge in [0.05, 0.1) is 4.47 Å². The Morgan fingerprint density at radius 1 is 1.43 bits per heavy atom. The number of rotatable bonds is 5. The van der Waals surface area contributed by atoms with Gasteiger partial charge in [-0.1, -0.05) is 19.1 Å². The van der Waals surface area contributed by atoms with Crippen molar-refractivity contribution in [2.24, 2.45) is 0 Å². The lowest BCUT2D eigenvalue weighted by atomic mass is 10.1. The summed E-state index contributed by atoms with van der Waals surface area (Å²) in [6, 6.07) is 5.18. The van der Waals surface area contributed by atoms with Crippen LogP contribution >= 0.6 is 15.9 Å². The van der Waals surface area contributed by atoms with Crippen molar-refractivity contribution < 1.29 is 4.39 Å². The average molecular weight is 260 g/mol. The first-order chi connectivity index (χ1) is 6.75. The number of aryl methyl sites for hydroxylation is 1. The molecule has 0 spiro atoms. The molecule has 1 aromatic carbocycles. The summed E-state index contributed by atoms with van der Waals surface area (Å²) in [7, 11) is 0. The molecule has 1 nitrogen and oxygen atoms in total. The van der Waals surface area contributed by atoms with Gasteiger partial charge < -0.3 is 5.32 Å². The van der Waals surface area contributed by atoms with Gasteiger partial charge in [0.2, 0.25) is 0 Å². The van der Waals surface area contributed by atoms with Crippen LogP contribution in [0.2, 0.25) is 0 Å². The van der Waals surface area contributed by atoms with Gasteiger partial charge in [-0.05, 0) is 53.5 Å². The van der Waals surface area contributed by atoms with Crippen LogP contribution in [0.1, 0.15) is 18.9 Å². The van der Waals surface area contributed by atoms with Crippen LogP contribution in [0.25, 0.3) is 0 Å². The van der Waals surface area contributed by atoms with Crippen LogP contribution in [0.3, 0.4) is 0 Å². The molecule has 0 atom stereocenters. The largest absolute Gasteiger partial charge is 0.317 e. The van der Waals surface area contributed by atoms with Crippen LogP contribution in [0.5, 0.6) is 0 Å². The van der Waals surface area contributed by atoms with E-state index in [1.807, 2.05) is 6.07 Å². The summed E-state index contributed by atoms with van der Waals surface area (Å²) in [5.41, 5.74) is 1.04. The first-order valence-electron chi connectivity index (χ1n) is 4.89. The van der Waals surface area contributed by atoms with E-state index in [2.05, 4.69) is 28.2 Å². The third kappa shape index (κ3) is 3.39. The monoisotopic (exact) mass is 259 g/mol. The molecule has 1 rings (SSSR count). The Bertz CT molecular complexity index is 289. The van der Waals surface area contributed by atoms with Gasteiger partial charge in [-0.3, -0.25) is 0 Å². The maximum Gasteiger partial charge on any atom is 0.137 e. The van der Waals surface area contributed by atoms with E-state index in [0.29, 0.717) is 4.47 Å². The van der Waals surface area contributed by atoms with E-state index in [0.717, 1.165) is 31.5 Å². The normalized spacial score (nSPS) is 10.5. The molecule has 3 heteroatoms. The van der Waals surface area contributed by atoms with Crippen molar-refractivity contribution >= 4 is 15.9 Å². The molecule has 0 radical (unpaired) electrons. The van der Waals surface area contributed by atoms with Crippen LogP contribution in [0.4, 0.5) is 4.39 Å². The van der Waals surface area contributed by atoms with Crippen molar-refractivity contribution in [2.45, 2.75) is 19.8 Å². The van der Waals surface area contributed by atoms with Gasteiger partial charge in [-0.2, -0.15) is 0 Å². The summed E-state index contributed by atoms with van der Waals surface area (Å²) in [5, 5.41) is 3.24. The van der Waals surface area contributed by atoms with Gasteiger partial charge in [-0.25, -0.2) is 4.39 Å². The Morgan fingerprint density at radius 2 is 2.21 bits per heavy atom. The quantitative estimate of drug-likeness (QED) is 0.802. The van der Waals surface area contributed by atoms with Crippen LogP contribution in [0, 0.1) is 5.82 Å². The van der Waals surface area contributed by atoms with E-state index in [4.69, 9.17) is 0 Å². The van der Waals surface area contributed by atoms with Gasteiger partial charge in [0, 0.05) is 0 Å². The molecule has 14 heavy (non-hydrogen) atoms. The average Bonchev–Trinajstić information content (AvgIpc) is 2.19. The Morgan fingerprint density at radius 3 is 2.93 bits per heavy atom. The lowest BCUT2D eigenvalue weighted by Crippen LogP contribution is -2.14. The molecule has 0 unspecified atom stereocenters. The molecule has 1 aromatic rings. The third-order valence-corrected chi connectivity index (χ3v) is 2.97. The first-order valence-corrected chi connectivity index (χ1v) is 5.68. The number of hydrogen-bond donors (Lipinski definition) is 1. The number of hydrogen-bond acceptors (Lipinski definition) is 1. The van der Waals surface area contributed by atoms with Crippen LogP contribution in [-0.4, -0.2) is 13.1 Å². The minimum Gasteiger partial charge on any atom is -0.317 e. The Balaban J connectivity index is 2.46. The van der Waals surface area contributed by atoms with Crippen molar-refractivity contribution in [1.29, 1.82) is 0 Å². The molecular formula is C11H15BrFN. The van der Waals surface area contributed by atoms with E-state index < -0.39 is 0 Å². The molecule has 0 saturated carbocycles. The summed E-state index contributed by atoms with van der Waals surface area (Å²) in [6.45, 7) is 4.06. The summed E-state index contributed by atoms with van der Waals surface area (Å²) in [4.78, 5) is 0. The summed E-state index contributed by atoms with van der Waals surface area (Å²) >= 11 is 3.25. The van der Waals surface area contributed by atoms with Crippen molar-refractivity contribution in [3.8, 4) is 0 Å². The summed E-state index contributed by atoms with van der Waals surface area (Å²) < 4.78 is 13.7. The lowest BCUT2D eigenvalue weighted by Gasteiger charge is -2.05. The fourth-order valence-corrected chi connectivity index (χ4v) is 1.78. The van der Waals surface area contributed by atoms with Gasteiger partial charge in [0.25, 0.3) is 0 Å². The summed E-state index contributed by atoms with van der Waals surface area (Å²) in [6.07, 6.45) is 1.95. The SMILES string of the molecule is CCNCCCc1cccc(F)c1Br. The van der Waals surface area contributed by atoms with Gasteiger partial charge in [0.1, 0.15) is 5.82 Å². The van der Waals surface area contributed by atoms with Gasteiger partial charge >= 0.3 is 0 Å². The molecule has 0 heterocycles. The van der Waals surface area contributed by atoms with E-state index >= 15 is 0 Å². The predicted molar refractivity (Wildman–Crippen MR) is 61.0 cm³/mol. The second-order valence-electron chi connectivity index (χ2n) is 3.17. The van der Waals surface area contributed by atoms with E-state index in [1.165, 1.54) is 6.07 Å². The lowest BCUT2D eigenvalue weighted by molar-refractivity contribution is 0.614. The highest BCUT2D eigenvalue weighted by Crippen LogP contribution is 2.21. The highest BCUT2D eigenvalue weighted by atomic mass is 79.9. The Labute approximate surface area is 92.8 Å². The zero-order valence-electron chi connectivity index (χ0n) is 8.32. The van der Waals surface area contributed by atoms with Crippen molar-refractivity contribution in [2.75, 3.05) is 13.1 Å².